The van der Waals surface area contributed by atoms with Crippen molar-refractivity contribution in [1.29, 1.82) is 0 Å². The second-order valence-electron chi connectivity index (χ2n) is 3.80. The molecule has 0 spiro atoms. The van der Waals surface area contributed by atoms with Gasteiger partial charge in [0.2, 0.25) is 0 Å². The van der Waals surface area contributed by atoms with Crippen LogP contribution in [0.15, 0.2) is 41.4 Å². The lowest BCUT2D eigenvalue weighted by Crippen LogP contribution is -2.18. The lowest BCUT2D eigenvalue weighted by Gasteiger charge is -2.10. The summed E-state index contributed by atoms with van der Waals surface area (Å²) < 4.78 is 26.6. The Morgan fingerprint density at radius 3 is 2.62 bits per heavy atom. The highest BCUT2D eigenvalue weighted by atomic mass is 32.2. The van der Waals surface area contributed by atoms with E-state index in [1.165, 1.54) is 18.3 Å². The third-order valence-electron chi connectivity index (χ3n) is 2.43. The van der Waals surface area contributed by atoms with Crippen LogP contribution >= 0.6 is 0 Å². The number of aromatic nitrogens is 2. The molecular formula is C10H10N6O4S. The van der Waals surface area contributed by atoms with E-state index in [1.807, 2.05) is 0 Å². The van der Waals surface area contributed by atoms with Gasteiger partial charge in [-0.05, 0) is 18.2 Å². The van der Waals surface area contributed by atoms with Crippen molar-refractivity contribution in [3.63, 3.8) is 0 Å². The molecule has 0 saturated carbocycles. The van der Waals surface area contributed by atoms with E-state index < -0.39 is 14.9 Å². The molecule has 2 aromatic rings. The molecule has 110 valence electrons. The van der Waals surface area contributed by atoms with E-state index in [1.54, 1.807) is 0 Å². The minimum atomic E-state index is -4.02. The largest absolute Gasteiger partial charge is 0.323 e. The predicted octanol–water partition coefficient (Wildman–Crippen LogP) is 0.471. The highest BCUT2D eigenvalue weighted by Gasteiger charge is 2.21. The lowest BCUT2D eigenvalue weighted by atomic mass is 10.3. The van der Waals surface area contributed by atoms with Crippen molar-refractivity contribution in [2.24, 2.45) is 5.84 Å². The summed E-state index contributed by atoms with van der Waals surface area (Å²) in [6.07, 6.45) is 1.39. The van der Waals surface area contributed by atoms with Gasteiger partial charge in [0.15, 0.2) is 5.82 Å². The maximum absolute atomic E-state index is 12.2. The highest BCUT2D eigenvalue weighted by Crippen LogP contribution is 2.26. The Labute approximate surface area is 119 Å². The average Bonchev–Trinajstić information content (AvgIpc) is 2.47. The number of non-ortho nitro benzene ring substituents is 1. The third-order valence-corrected chi connectivity index (χ3v) is 3.84. The summed E-state index contributed by atoms with van der Waals surface area (Å²) in [7, 11) is -4.02. The van der Waals surface area contributed by atoms with Crippen molar-refractivity contribution in [2.75, 3.05) is 10.1 Å². The predicted molar refractivity (Wildman–Crippen MR) is 73.7 cm³/mol. The fourth-order valence-electron chi connectivity index (χ4n) is 1.53. The summed E-state index contributed by atoms with van der Waals surface area (Å²) in [5.41, 5.74) is 1.72. The molecule has 21 heavy (non-hydrogen) atoms. The zero-order chi connectivity index (χ0) is 15.5. The fraction of sp³-hybridized carbons (Fsp3) is 0. The van der Waals surface area contributed by atoms with Crippen molar-refractivity contribution >= 4 is 27.2 Å². The second kappa shape index (κ2) is 5.68. The summed E-state index contributed by atoms with van der Waals surface area (Å²) in [6, 6.07) is 6.07. The van der Waals surface area contributed by atoms with E-state index in [4.69, 9.17) is 5.84 Å². The smallest absolute Gasteiger partial charge is 0.271 e. The number of nitrogen functional groups attached to an aromatic ring is 1. The molecule has 2 rings (SSSR count). The number of hydrogen-bond donors (Lipinski definition) is 3. The minimum Gasteiger partial charge on any atom is -0.323 e. The van der Waals surface area contributed by atoms with Crippen LogP contribution in [0.1, 0.15) is 0 Å². The van der Waals surface area contributed by atoms with Gasteiger partial charge in [0.1, 0.15) is 4.90 Å². The van der Waals surface area contributed by atoms with Crippen molar-refractivity contribution in [2.45, 2.75) is 4.90 Å². The second-order valence-corrected chi connectivity index (χ2v) is 5.45. The Bertz CT molecular complexity index is 764. The zero-order valence-corrected chi connectivity index (χ0v) is 11.2. The van der Waals surface area contributed by atoms with Gasteiger partial charge in [-0.3, -0.25) is 20.7 Å². The van der Waals surface area contributed by atoms with Gasteiger partial charge in [-0.15, -0.1) is 5.10 Å². The number of sulfonamides is 1. The number of nitro groups is 1. The number of hydrazine groups is 1. The molecule has 0 amide bonds. The van der Waals surface area contributed by atoms with Gasteiger partial charge < -0.3 is 5.43 Å². The molecule has 1 heterocycles. The number of anilines is 2. The number of nitro benzene ring substituents is 1. The van der Waals surface area contributed by atoms with Gasteiger partial charge in [0, 0.05) is 18.3 Å². The molecular weight excluding hydrogens is 300 g/mol. The molecule has 10 nitrogen and oxygen atoms in total. The molecule has 11 heteroatoms. The molecule has 0 bridgehead atoms. The van der Waals surface area contributed by atoms with Crippen LogP contribution in [-0.4, -0.2) is 23.5 Å². The molecule has 1 aromatic heterocycles. The number of nitrogens with zero attached hydrogens (tertiary/aromatic N) is 3. The van der Waals surface area contributed by atoms with Crippen LogP contribution in [0.4, 0.5) is 17.2 Å². The summed E-state index contributed by atoms with van der Waals surface area (Å²) in [4.78, 5) is 9.77. The first kappa shape index (κ1) is 14.6. The van der Waals surface area contributed by atoms with Crippen molar-refractivity contribution in [3.05, 3.63) is 46.6 Å². The topological polar surface area (TPSA) is 153 Å². The molecule has 0 aliphatic carbocycles. The molecule has 0 unspecified atom stereocenters. The van der Waals surface area contributed by atoms with E-state index in [0.717, 1.165) is 18.2 Å². The molecule has 1 aromatic carbocycles. The normalized spacial score (nSPS) is 10.9. The highest BCUT2D eigenvalue weighted by molar-refractivity contribution is 7.92. The number of benzene rings is 1. The molecule has 0 saturated heterocycles. The number of hydrogen-bond acceptors (Lipinski definition) is 8. The third kappa shape index (κ3) is 3.21. The van der Waals surface area contributed by atoms with E-state index >= 15 is 0 Å². The van der Waals surface area contributed by atoms with Crippen LogP contribution in [0.3, 0.4) is 0 Å². The Morgan fingerprint density at radius 1 is 1.29 bits per heavy atom. The monoisotopic (exact) mass is 310 g/mol. The summed E-state index contributed by atoms with van der Waals surface area (Å²) in [6.45, 7) is 0. The molecule has 0 aliphatic rings. The maximum Gasteiger partial charge on any atom is 0.271 e. The molecule has 0 radical (unpaired) electrons. The lowest BCUT2D eigenvalue weighted by molar-refractivity contribution is -0.384. The van der Waals surface area contributed by atoms with Crippen LogP contribution in [0, 0.1) is 10.1 Å². The van der Waals surface area contributed by atoms with Crippen molar-refractivity contribution in [1.82, 2.24) is 10.2 Å². The maximum atomic E-state index is 12.2. The first-order valence-electron chi connectivity index (χ1n) is 5.49. The van der Waals surface area contributed by atoms with E-state index in [9.17, 15) is 18.5 Å². The first-order valence-corrected chi connectivity index (χ1v) is 6.98. The van der Waals surface area contributed by atoms with Gasteiger partial charge in [-0.1, -0.05) is 0 Å². The summed E-state index contributed by atoms with van der Waals surface area (Å²) in [5, 5.41) is 17.8. The van der Waals surface area contributed by atoms with E-state index in [0.29, 0.717) is 0 Å². The molecule has 0 atom stereocenters. The van der Waals surface area contributed by atoms with Crippen LogP contribution < -0.4 is 16.0 Å². The standard InChI is InChI=1S/C10H10N6O4S/c11-13-8-6-7(16(17)18)3-4-9(8)21(19,20)15-10-2-1-5-12-14-10/h1-6,13H,11H2,(H,14,15). The minimum absolute atomic E-state index is 0.0128. The Hall–Kier alpha value is -2.79. The molecule has 0 aliphatic heterocycles. The molecule has 4 N–H and O–H groups in total. The first-order chi connectivity index (χ1) is 9.94. The molecule has 0 fully saturated rings. The SMILES string of the molecule is NNc1cc([N+](=O)[O-])ccc1S(=O)(=O)Nc1cccnn1. The van der Waals surface area contributed by atoms with Crippen LogP contribution in [0.25, 0.3) is 0 Å². The van der Waals surface area contributed by atoms with Gasteiger partial charge in [-0.2, -0.15) is 5.10 Å². The Kier molecular flexibility index (Phi) is 3.95. The Morgan fingerprint density at radius 2 is 2.05 bits per heavy atom. The van der Waals surface area contributed by atoms with Gasteiger partial charge >= 0.3 is 0 Å². The number of rotatable bonds is 5. The average molecular weight is 310 g/mol. The summed E-state index contributed by atoms with van der Waals surface area (Å²) >= 11 is 0. The Balaban J connectivity index is 2.42. The number of nitrogens with two attached hydrogens (primary N) is 1. The van der Waals surface area contributed by atoms with E-state index in [-0.39, 0.29) is 22.1 Å². The van der Waals surface area contributed by atoms with Crippen molar-refractivity contribution in [3.8, 4) is 0 Å². The fourth-order valence-corrected chi connectivity index (χ4v) is 2.68. The van der Waals surface area contributed by atoms with Crippen LogP contribution in [-0.2, 0) is 10.0 Å². The van der Waals surface area contributed by atoms with E-state index in [2.05, 4.69) is 20.3 Å². The van der Waals surface area contributed by atoms with Gasteiger partial charge in [0.05, 0.1) is 10.6 Å². The quantitative estimate of drug-likeness (QED) is 0.409. The number of nitrogens with one attached hydrogen (secondary N) is 2. The van der Waals surface area contributed by atoms with Crippen LogP contribution in [0.2, 0.25) is 0 Å². The van der Waals surface area contributed by atoms with Gasteiger partial charge in [-0.25, -0.2) is 8.42 Å². The van der Waals surface area contributed by atoms with Crippen LogP contribution in [0.5, 0.6) is 0 Å². The van der Waals surface area contributed by atoms with Gasteiger partial charge in [0.25, 0.3) is 15.7 Å². The van der Waals surface area contributed by atoms with Crippen molar-refractivity contribution < 1.29 is 13.3 Å². The zero-order valence-electron chi connectivity index (χ0n) is 10.4. The summed E-state index contributed by atoms with van der Waals surface area (Å²) in [5.74, 6) is 5.23.